The topological polar surface area (TPSA) is 107 Å². The van der Waals surface area contributed by atoms with E-state index >= 15 is 0 Å². The minimum Gasteiger partial charge on any atom is -0.495 e. The average molecular weight is 565 g/mol. The van der Waals surface area contributed by atoms with Gasteiger partial charge < -0.3 is 34.3 Å². The number of hydrogen-bond acceptors (Lipinski definition) is 6. The molecular formula is C32H40N2O7. The monoisotopic (exact) mass is 564 g/mol. The molecule has 0 aliphatic carbocycles. The summed E-state index contributed by atoms with van der Waals surface area (Å²) in [6, 6.07) is 22.5. The van der Waals surface area contributed by atoms with Gasteiger partial charge in [0.1, 0.15) is 18.1 Å². The summed E-state index contributed by atoms with van der Waals surface area (Å²) in [6.45, 7) is 6.19. The molecule has 2 amide bonds. The molecule has 0 bridgehead atoms. The van der Waals surface area contributed by atoms with Crippen molar-refractivity contribution in [1.82, 2.24) is 4.90 Å². The molecule has 1 atom stereocenters. The Hall–Kier alpha value is -4.08. The van der Waals surface area contributed by atoms with Crippen molar-refractivity contribution in [3.05, 3.63) is 89.5 Å². The molecule has 3 aromatic carbocycles. The van der Waals surface area contributed by atoms with Crippen LogP contribution in [-0.2, 0) is 27.3 Å². The molecule has 41 heavy (non-hydrogen) atoms. The van der Waals surface area contributed by atoms with E-state index in [1.54, 1.807) is 31.1 Å². The minimum atomic E-state index is -0.987. The van der Waals surface area contributed by atoms with Crippen LogP contribution in [-0.4, -0.2) is 68.1 Å². The molecule has 0 aliphatic rings. The maximum absolute atomic E-state index is 13.3. The summed E-state index contributed by atoms with van der Waals surface area (Å²) < 4.78 is 22.4. The lowest BCUT2D eigenvalue weighted by Gasteiger charge is -2.24. The fourth-order valence-corrected chi connectivity index (χ4v) is 4.18. The number of carboxylic acids is 1. The van der Waals surface area contributed by atoms with Crippen molar-refractivity contribution >= 4 is 17.7 Å². The van der Waals surface area contributed by atoms with Gasteiger partial charge in [0.05, 0.1) is 25.9 Å². The molecular weight excluding hydrogens is 524 g/mol. The maximum Gasteiger partial charge on any atom is 0.333 e. The number of carboxylic acid groups (broad SMARTS) is 1. The summed E-state index contributed by atoms with van der Waals surface area (Å²) >= 11 is 0. The van der Waals surface area contributed by atoms with Crippen LogP contribution in [0, 0.1) is 6.92 Å². The van der Waals surface area contributed by atoms with Crippen LogP contribution in [0.2, 0.25) is 0 Å². The molecule has 0 radical (unpaired) electrons. The quantitative estimate of drug-likeness (QED) is 0.207. The highest BCUT2D eigenvalue weighted by atomic mass is 16.5. The van der Waals surface area contributed by atoms with E-state index in [2.05, 4.69) is 5.32 Å². The number of aryl methyl sites for hydroxylation is 1. The number of nitrogens with one attached hydrogen (secondary N) is 1. The molecule has 1 unspecified atom stereocenters. The van der Waals surface area contributed by atoms with Crippen molar-refractivity contribution < 1.29 is 33.6 Å². The first kappa shape index (κ1) is 31.4. The highest BCUT2D eigenvalue weighted by Crippen LogP contribution is 2.25. The van der Waals surface area contributed by atoms with E-state index in [9.17, 15) is 14.7 Å². The molecule has 3 aromatic rings. The van der Waals surface area contributed by atoms with Crippen molar-refractivity contribution in [3.8, 4) is 11.5 Å². The maximum atomic E-state index is 13.3. The molecule has 0 spiro atoms. The smallest absolute Gasteiger partial charge is 0.333 e. The van der Waals surface area contributed by atoms with Gasteiger partial charge in [0.15, 0.2) is 6.10 Å². The fourth-order valence-electron chi connectivity index (χ4n) is 4.18. The molecule has 3 rings (SSSR count). The Morgan fingerprint density at radius 3 is 2.39 bits per heavy atom. The lowest BCUT2D eigenvalue weighted by atomic mass is 10.1. The molecule has 0 heterocycles. The third-order valence-corrected chi connectivity index (χ3v) is 6.33. The van der Waals surface area contributed by atoms with Crippen LogP contribution in [0.1, 0.15) is 30.0 Å². The van der Waals surface area contributed by atoms with Crippen LogP contribution in [0.4, 0.5) is 10.5 Å². The van der Waals surface area contributed by atoms with E-state index in [4.69, 9.17) is 18.9 Å². The zero-order chi connectivity index (χ0) is 29.5. The second-order valence-corrected chi connectivity index (χ2v) is 9.49. The number of anilines is 1. The number of methoxy groups -OCH3 is 1. The van der Waals surface area contributed by atoms with Gasteiger partial charge in [-0.2, -0.15) is 0 Å². The number of hydrogen-bond donors (Lipinski definition) is 2. The molecule has 9 heteroatoms. The van der Waals surface area contributed by atoms with Crippen LogP contribution in [0.15, 0.2) is 72.8 Å². The van der Waals surface area contributed by atoms with Gasteiger partial charge in [-0.3, -0.25) is 0 Å². The zero-order valence-electron chi connectivity index (χ0n) is 24.0. The van der Waals surface area contributed by atoms with Crippen molar-refractivity contribution in [3.63, 3.8) is 0 Å². The largest absolute Gasteiger partial charge is 0.495 e. The second-order valence-electron chi connectivity index (χ2n) is 9.49. The van der Waals surface area contributed by atoms with Gasteiger partial charge in [0.2, 0.25) is 0 Å². The lowest BCUT2D eigenvalue weighted by molar-refractivity contribution is -0.149. The van der Waals surface area contributed by atoms with Crippen LogP contribution in [0.25, 0.3) is 0 Å². The van der Waals surface area contributed by atoms with Crippen molar-refractivity contribution in [2.75, 3.05) is 45.3 Å². The van der Waals surface area contributed by atoms with Crippen LogP contribution < -0.4 is 14.8 Å². The number of rotatable bonds is 17. The molecule has 9 nitrogen and oxygen atoms in total. The van der Waals surface area contributed by atoms with Gasteiger partial charge in [-0.15, -0.1) is 0 Å². The normalized spacial score (nSPS) is 11.5. The highest BCUT2D eigenvalue weighted by Gasteiger charge is 2.18. The average Bonchev–Trinajstić information content (AvgIpc) is 2.97. The van der Waals surface area contributed by atoms with Crippen LogP contribution in [0.5, 0.6) is 11.5 Å². The summed E-state index contributed by atoms with van der Waals surface area (Å²) in [6.07, 6.45) is 0.0407. The predicted molar refractivity (Wildman–Crippen MR) is 158 cm³/mol. The Balaban J connectivity index is 1.56. The van der Waals surface area contributed by atoms with Crippen molar-refractivity contribution in [1.29, 1.82) is 0 Å². The number of ether oxygens (including phenoxy) is 4. The molecule has 220 valence electrons. The Kier molecular flexibility index (Phi) is 13.0. The van der Waals surface area contributed by atoms with Gasteiger partial charge in [-0.05, 0) is 61.2 Å². The minimum absolute atomic E-state index is 0.258. The van der Waals surface area contributed by atoms with Gasteiger partial charge in [0, 0.05) is 26.2 Å². The third-order valence-electron chi connectivity index (χ3n) is 6.33. The first-order chi connectivity index (χ1) is 19.9. The van der Waals surface area contributed by atoms with E-state index < -0.39 is 12.1 Å². The number of benzene rings is 3. The summed E-state index contributed by atoms with van der Waals surface area (Å²) in [5.41, 5.74) is 3.54. The molecule has 0 saturated heterocycles. The number of carbonyl (C=O) groups is 2. The number of urea groups is 1. The van der Waals surface area contributed by atoms with E-state index in [1.807, 2.05) is 67.6 Å². The van der Waals surface area contributed by atoms with Crippen molar-refractivity contribution in [2.45, 2.75) is 39.4 Å². The summed E-state index contributed by atoms with van der Waals surface area (Å²) in [5.74, 6) is 0.226. The Labute approximate surface area is 242 Å². The first-order valence-corrected chi connectivity index (χ1v) is 13.8. The van der Waals surface area contributed by atoms with Crippen LogP contribution in [0.3, 0.4) is 0 Å². The molecule has 0 aromatic heterocycles. The van der Waals surface area contributed by atoms with Crippen LogP contribution >= 0.6 is 0 Å². The van der Waals surface area contributed by atoms with Gasteiger partial charge in [-0.25, -0.2) is 9.59 Å². The number of aliphatic carboxylic acids is 1. The second kappa shape index (κ2) is 16.9. The van der Waals surface area contributed by atoms with E-state index in [1.165, 1.54) is 0 Å². The summed E-state index contributed by atoms with van der Waals surface area (Å²) in [7, 11) is 1.57. The fraction of sp³-hybridized carbons (Fsp3) is 0.375. The summed E-state index contributed by atoms with van der Waals surface area (Å²) in [5, 5.41) is 12.3. The Morgan fingerprint density at radius 1 is 0.951 bits per heavy atom. The zero-order valence-corrected chi connectivity index (χ0v) is 24.0. The van der Waals surface area contributed by atoms with Gasteiger partial charge >= 0.3 is 12.0 Å². The molecule has 0 aliphatic heterocycles. The molecule has 0 saturated carbocycles. The Bertz CT molecular complexity index is 1220. The number of carbonyl (C=O) groups excluding carboxylic acids is 1. The molecule has 2 N–H and O–H groups in total. The summed E-state index contributed by atoms with van der Waals surface area (Å²) in [4.78, 5) is 26.3. The molecule has 0 fully saturated rings. The third kappa shape index (κ3) is 10.8. The van der Waals surface area contributed by atoms with E-state index in [-0.39, 0.29) is 19.1 Å². The lowest BCUT2D eigenvalue weighted by Crippen LogP contribution is -2.39. The standard InChI is InChI=1S/C32H40N2O7/c1-4-40-30(31(35)36)22-25-12-14-27(15-13-25)41-20-18-34(17-8-19-39-23-26-9-6-5-7-10-26)32(37)33-28-21-24(2)11-16-29(28)38-3/h5-7,9-16,21,30H,4,8,17-20,22-23H2,1-3H3,(H,33,37)(H,35,36). The Morgan fingerprint density at radius 2 is 1.71 bits per heavy atom. The number of amides is 2. The number of nitrogens with zero attached hydrogens (tertiary/aromatic N) is 1. The SMILES string of the molecule is CCOC(Cc1ccc(OCCN(CCCOCc2ccccc2)C(=O)Nc2cc(C)ccc2OC)cc1)C(=O)O. The van der Waals surface area contributed by atoms with E-state index in [0.717, 1.165) is 16.7 Å². The van der Waals surface area contributed by atoms with Gasteiger partial charge in [-0.1, -0.05) is 48.5 Å². The van der Waals surface area contributed by atoms with Gasteiger partial charge in [0.25, 0.3) is 0 Å². The predicted octanol–water partition coefficient (Wildman–Crippen LogP) is 5.56. The van der Waals surface area contributed by atoms with Crippen molar-refractivity contribution in [2.24, 2.45) is 0 Å². The van der Waals surface area contributed by atoms with E-state index in [0.29, 0.717) is 56.5 Å². The highest BCUT2D eigenvalue weighted by molar-refractivity contribution is 5.91. The first-order valence-electron chi connectivity index (χ1n) is 13.8.